The van der Waals surface area contributed by atoms with Gasteiger partial charge in [-0.25, -0.2) is 4.79 Å². The van der Waals surface area contributed by atoms with Crippen LogP contribution < -0.4 is 9.47 Å². The summed E-state index contributed by atoms with van der Waals surface area (Å²) in [6, 6.07) is 19.2. The summed E-state index contributed by atoms with van der Waals surface area (Å²) in [5.74, 6) is -1.01. The number of ether oxygens (including phenoxy) is 3. The molecule has 5 nitrogen and oxygen atoms in total. The predicted molar refractivity (Wildman–Crippen MR) is 105 cm³/mol. The molecule has 0 saturated heterocycles. The van der Waals surface area contributed by atoms with Crippen LogP contribution in [0.25, 0.3) is 0 Å². The third kappa shape index (κ3) is 5.00. The monoisotopic (exact) mass is 412 g/mol. The smallest absolute Gasteiger partial charge is 0.387 e. The minimum absolute atomic E-state index is 0.0866. The second kappa shape index (κ2) is 9.65. The van der Waals surface area contributed by atoms with Crippen molar-refractivity contribution >= 4 is 11.8 Å². The van der Waals surface area contributed by atoms with Gasteiger partial charge in [0.2, 0.25) is 0 Å². The Morgan fingerprint density at radius 1 is 0.867 bits per heavy atom. The van der Waals surface area contributed by atoms with Crippen molar-refractivity contribution in [3.8, 4) is 11.5 Å². The second-order valence-electron chi connectivity index (χ2n) is 6.18. The van der Waals surface area contributed by atoms with Crippen LogP contribution in [-0.2, 0) is 11.3 Å². The average Bonchev–Trinajstić information content (AvgIpc) is 2.78. The number of carbonyl (C=O) groups excluding carboxylic acids is 2. The quantitative estimate of drug-likeness (QED) is 0.390. The lowest BCUT2D eigenvalue weighted by molar-refractivity contribution is -0.0512. The number of ketones is 1. The van der Waals surface area contributed by atoms with Crippen LogP contribution in [0.3, 0.4) is 0 Å². The minimum Gasteiger partial charge on any atom is -0.493 e. The van der Waals surface area contributed by atoms with E-state index < -0.39 is 12.6 Å². The number of benzene rings is 3. The van der Waals surface area contributed by atoms with Gasteiger partial charge >= 0.3 is 12.6 Å². The highest BCUT2D eigenvalue weighted by Crippen LogP contribution is 2.29. The first-order valence-corrected chi connectivity index (χ1v) is 8.97. The van der Waals surface area contributed by atoms with E-state index in [4.69, 9.17) is 9.47 Å². The Bertz CT molecular complexity index is 1030. The normalized spacial score (nSPS) is 10.5. The Hall–Kier alpha value is -3.74. The molecule has 0 heterocycles. The number of carbonyl (C=O) groups is 2. The van der Waals surface area contributed by atoms with Gasteiger partial charge in [-0.05, 0) is 23.8 Å². The van der Waals surface area contributed by atoms with Crippen LogP contribution in [0.5, 0.6) is 11.5 Å². The molecular formula is C23H18F2O5. The van der Waals surface area contributed by atoms with Gasteiger partial charge in [0.25, 0.3) is 0 Å². The van der Waals surface area contributed by atoms with E-state index in [0.29, 0.717) is 11.1 Å². The average molecular weight is 412 g/mol. The van der Waals surface area contributed by atoms with Gasteiger partial charge in [-0.15, -0.1) is 0 Å². The summed E-state index contributed by atoms with van der Waals surface area (Å²) in [5, 5.41) is 0. The zero-order chi connectivity index (χ0) is 21.5. The summed E-state index contributed by atoms with van der Waals surface area (Å²) in [4.78, 5) is 25.4. The molecule has 0 fully saturated rings. The molecule has 7 heteroatoms. The molecule has 154 valence electrons. The van der Waals surface area contributed by atoms with Crippen molar-refractivity contribution in [2.75, 3.05) is 7.11 Å². The van der Waals surface area contributed by atoms with Crippen molar-refractivity contribution in [3.05, 3.63) is 95.1 Å². The molecule has 0 saturated carbocycles. The van der Waals surface area contributed by atoms with Gasteiger partial charge in [-0.2, -0.15) is 8.78 Å². The van der Waals surface area contributed by atoms with E-state index in [-0.39, 0.29) is 35.0 Å². The summed E-state index contributed by atoms with van der Waals surface area (Å²) in [6.45, 7) is -3.13. The van der Waals surface area contributed by atoms with Crippen LogP contribution in [0, 0.1) is 0 Å². The van der Waals surface area contributed by atoms with Gasteiger partial charge in [-0.1, -0.05) is 54.6 Å². The summed E-state index contributed by atoms with van der Waals surface area (Å²) < 4.78 is 39.6. The fourth-order valence-electron chi connectivity index (χ4n) is 2.83. The molecule has 0 radical (unpaired) electrons. The van der Waals surface area contributed by atoms with Crippen LogP contribution in [0.15, 0.2) is 72.8 Å². The summed E-state index contributed by atoms with van der Waals surface area (Å²) in [6.07, 6.45) is 0. The Morgan fingerprint density at radius 3 is 2.20 bits per heavy atom. The maximum Gasteiger partial charge on any atom is 0.387 e. The van der Waals surface area contributed by atoms with Crippen molar-refractivity contribution in [2.45, 2.75) is 13.2 Å². The van der Waals surface area contributed by atoms with Crippen molar-refractivity contribution in [1.29, 1.82) is 0 Å². The summed E-state index contributed by atoms with van der Waals surface area (Å²) in [5.41, 5.74) is 1.33. The fraction of sp³-hybridized carbons (Fsp3) is 0.130. The Kier molecular flexibility index (Phi) is 6.75. The van der Waals surface area contributed by atoms with Crippen molar-refractivity contribution in [3.63, 3.8) is 0 Å². The van der Waals surface area contributed by atoms with Crippen LogP contribution in [0.4, 0.5) is 8.78 Å². The topological polar surface area (TPSA) is 61.8 Å². The highest BCUT2D eigenvalue weighted by atomic mass is 19.3. The van der Waals surface area contributed by atoms with Gasteiger partial charge in [-0.3, -0.25) is 4.79 Å². The first-order valence-electron chi connectivity index (χ1n) is 8.97. The molecule has 0 atom stereocenters. The maximum atomic E-state index is 12.8. The van der Waals surface area contributed by atoms with E-state index in [1.54, 1.807) is 48.5 Å². The molecule has 0 unspecified atom stereocenters. The van der Waals surface area contributed by atoms with Gasteiger partial charge in [0.1, 0.15) is 6.61 Å². The first-order chi connectivity index (χ1) is 14.5. The number of hydrogen-bond donors (Lipinski definition) is 0. The van der Waals surface area contributed by atoms with Gasteiger partial charge in [0, 0.05) is 11.1 Å². The predicted octanol–water partition coefficient (Wildman–Crippen LogP) is 4.88. The molecule has 3 aromatic carbocycles. The number of rotatable bonds is 8. The Morgan fingerprint density at radius 2 is 1.53 bits per heavy atom. The molecule has 3 rings (SSSR count). The number of methoxy groups -OCH3 is 1. The van der Waals surface area contributed by atoms with Gasteiger partial charge in [0.15, 0.2) is 17.3 Å². The van der Waals surface area contributed by atoms with E-state index >= 15 is 0 Å². The molecule has 3 aromatic rings. The van der Waals surface area contributed by atoms with E-state index in [1.165, 1.54) is 31.4 Å². The highest BCUT2D eigenvalue weighted by Gasteiger charge is 2.19. The molecule has 0 aliphatic carbocycles. The first kappa shape index (κ1) is 21.0. The standard InChI is InChI=1S/C23H18F2O5/c1-28-20-13-15(11-12-19(20)30-23(24)25)14-29-22(27)18-10-6-5-9-17(18)21(26)16-7-3-2-4-8-16/h2-13,23H,14H2,1H3. The Balaban J connectivity index is 1.75. The van der Waals surface area contributed by atoms with E-state index in [9.17, 15) is 18.4 Å². The third-order valence-corrected chi connectivity index (χ3v) is 4.24. The highest BCUT2D eigenvalue weighted by molar-refractivity contribution is 6.14. The SMILES string of the molecule is COc1cc(COC(=O)c2ccccc2C(=O)c2ccccc2)ccc1OC(F)F. The number of esters is 1. The van der Waals surface area contributed by atoms with Crippen molar-refractivity contribution in [1.82, 2.24) is 0 Å². The second-order valence-corrected chi connectivity index (χ2v) is 6.18. The maximum absolute atomic E-state index is 12.8. The minimum atomic E-state index is -2.98. The Labute approximate surface area is 171 Å². The molecule has 0 aromatic heterocycles. The lowest BCUT2D eigenvalue weighted by atomic mass is 9.98. The molecule has 0 amide bonds. The molecule has 0 N–H and O–H groups in total. The molecule has 0 spiro atoms. The molecule has 30 heavy (non-hydrogen) atoms. The van der Waals surface area contributed by atoms with Crippen molar-refractivity contribution < 1.29 is 32.6 Å². The van der Waals surface area contributed by atoms with Crippen LogP contribution in [-0.4, -0.2) is 25.5 Å². The van der Waals surface area contributed by atoms with Crippen LogP contribution in [0.2, 0.25) is 0 Å². The number of halogens is 2. The largest absolute Gasteiger partial charge is 0.493 e. The molecule has 0 aliphatic rings. The van der Waals surface area contributed by atoms with E-state index in [2.05, 4.69) is 4.74 Å². The zero-order valence-electron chi connectivity index (χ0n) is 16.0. The third-order valence-electron chi connectivity index (χ3n) is 4.24. The summed E-state index contributed by atoms with van der Waals surface area (Å²) >= 11 is 0. The van der Waals surface area contributed by atoms with E-state index in [0.717, 1.165) is 0 Å². The number of alkyl halides is 2. The zero-order valence-corrected chi connectivity index (χ0v) is 16.0. The van der Waals surface area contributed by atoms with Gasteiger partial charge < -0.3 is 14.2 Å². The fourth-order valence-corrected chi connectivity index (χ4v) is 2.83. The lowest BCUT2D eigenvalue weighted by Crippen LogP contribution is -2.12. The molecular weight excluding hydrogens is 394 g/mol. The van der Waals surface area contributed by atoms with Crippen molar-refractivity contribution in [2.24, 2.45) is 0 Å². The molecule has 0 aliphatic heterocycles. The number of hydrogen-bond acceptors (Lipinski definition) is 5. The van der Waals surface area contributed by atoms with Gasteiger partial charge in [0.05, 0.1) is 12.7 Å². The van der Waals surface area contributed by atoms with Crippen LogP contribution in [0.1, 0.15) is 31.8 Å². The lowest BCUT2D eigenvalue weighted by Gasteiger charge is -2.12. The van der Waals surface area contributed by atoms with Crippen LogP contribution >= 0.6 is 0 Å². The molecule has 0 bridgehead atoms. The van der Waals surface area contributed by atoms with E-state index in [1.807, 2.05) is 0 Å². The summed E-state index contributed by atoms with van der Waals surface area (Å²) in [7, 11) is 1.31.